The van der Waals surface area contributed by atoms with Gasteiger partial charge in [0.1, 0.15) is 13.2 Å². The molecule has 180 valence electrons. The van der Waals surface area contributed by atoms with Gasteiger partial charge >= 0.3 is 23.9 Å². The molecule has 36 heavy (non-hydrogen) atoms. The molecule has 0 unspecified atom stereocenters. The van der Waals surface area contributed by atoms with Gasteiger partial charge in [0.15, 0.2) is 0 Å². The zero-order valence-corrected chi connectivity index (χ0v) is 18.8. The molecule has 8 nitrogen and oxygen atoms in total. The second-order valence-corrected chi connectivity index (χ2v) is 7.75. The minimum atomic E-state index is -0.996. The van der Waals surface area contributed by atoms with E-state index in [4.69, 9.17) is 19.7 Å². The second kappa shape index (κ2) is 10.5. The molecule has 0 saturated carbocycles. The summed E-state index contributed by atoms with van der Waals surface area (Å²) in [7, 11) is 0. The highest BCUT2D eigenvalue weighted by Gasteiger charge is 2.21. The molecule has 0 radical (unpaired) electrons. The highest BCUT2D eigenvalue weighted by molar-refractivity contribution is 6.03. The number of carbonyl (C=O) groups excluding carboxylic acids is 2. The summed E-state index contributed by atoms with van der Waals surface area (Å²) in [4.78, 5) is 45.6. The smallest absolute Gasteiger partial charge is 0.338 e. The van der Waals surface area contributed by atoms with E-state index in [1.54, 1.807) is 48.5 Å². The van der Waals surface area contributed by atoms with Crippen LogP contribution in [0, 0.1) is 0 Å². The Bertz CT molecular complexity index is 1380. The number of carboxylic acid groups (broad SMARTS) is 2. The third-order valence-electron chi connectivity index (χ3n) is 5.47. The van der Waals surface area contributed by atoms with Crippen LogP contribution < -0.4 is 0 Å². The zero-order chi connectivity index (χ0) is 25.7. The molecule has 0 fully saturated rings. The van der Waals surface area contributed by atoms with Crippen molar-refractivity contribution in [1.82, 2.24) is 0 Å². The lowest BCUT2D eigenvalue weighted by atomic mass is 9.95. The summed E-state index contributed by atoms with van der Waals surface area (Å²) in [6, 6.07) is 23.3. The van der Waals surface area contributed by atoms with Gasteiger partial charge in [0.05, 0.1) is 22.3 Å². The summed E-state index contributed by atoms with van der Waals surface area (Å²) in [5, 5.41) is 19.0. The first-order valence-electron chi connectivity index (χ1n) is 10.9. The van der Waals surface area contributed by atoms with Crippen LogP contribution in [0.1, 0.15) is 41.4 Å². The van der Waals surface area contributed by atoms with Gasteiger partial charge in [-0.3, -0.25) is 0 Å². The van der Waals surface area contributed by atoms with Crippen molar-refractivity contribution in [3.8, 4) is 11.1 Å². The summed E-state index contributed by atoms with van der Waals surface area (Å²) >= 11 is 0. The summed E-state index contributed by atoms with van der Waals surface area (Å²) in [6.45, 7) is 0.113. The van der Waals surface area contributed by atoms with Crippen molar-refractivity contribution in [1.29, 1.82) is 0 Å². The van der Waals surface area contributed by atoms with Crippen molar-refractivity contribution in [3.05, 3.63) is 107 Å². The molecule has 0 spiro atoms. The topological polar surface area (TPSA) is 127 Å². The van der Waals surface area contributed by atoms with Crippen molar-refractivity contribution in [2.75, 3.05) is 13.2 Å². The first-order valence-corrected chi connectivity index (χ1v) is 10.9. The number of cyclic esters (lactones) is 2. The highest BCUT2D eigenvalue weighted by Crippen LogP contribution is 2.28. The van der Waals surface area contributed by atoms with Crippen molar-refractivity contribution in [2.24, 2.45) is 0 Å². The normalized spacial score (nSPS) is 12.7. The van der Waals surface area contributed by atoms with Gasteiger partial charge in [0, 0.05) is 0 Å². The lowest BCUT2D eigenvalue weighted by Gasteiger charge is -2.15. The number of rotatable bonds is 2. The van der Waals surface area contributed by atoms with E-state index in [1.165, 1.54) is 24.3 Å². The van der Waals surface area contributed by atoms with E-state index in [2.05, 4.69) is 0 Å². The fraction of sp³-hybridized carbons (Fsp3) is 0.0714. The molecule has 2 N–H and O–H groups in total. The van der Waals surface area contributed by atoms with Crippen molar-refractivity contribution >= 4 is 34.6 Å². The van der Waals surface area contributed by atoms with E-state index in [0.29, 0.717) is 33.0 Å². The Hall–Kier alpha value is -4.98. The van der Waals surface area contributed by atoms with Crippen LogP contribution in [0.3, 0.4) is 0 Å². The molecule has 5 rings (SSSR count). The molecule has 4 aromatic rings. The molecule has 0 saturated heterocycles. The number of aromatic carboxylic acids is 2. The number of esters is 2. The molecule has 0 amide bonds. The maximum atomic E-state index is 12.1. The Morgan fingerprint density at radius 1 is 0.556 bits per heavy atom. The maximum absolute atomic E-state index is 12.1. The van der Waals surface area contributed by atoms with Gasteiger partial charge in [-0.25, -0.2) is 19.2 Å². The minimum Gasteiger partial charge on any atom is -0.478 e. The number of carbonyl (C=O) groups is 4. The number of hydrogen-bond acceptors (Lipinski definition) is 6. The van der Waals surface area contributed by atoms with Gasteiger partial charge in [0.25, 0.3) is 0 Å². The second-order valence-electron chi connectivity index (χ2n) is 7.75. The molecular formula is C28H20O8. The van der Waals surface area contributed by atoms with Gasteiger partial charge in [-0.15, -0.1) is 0 Å². The fourth-order valence-electron chi connectivity index (χ4n) is 3.73. The molecule has 0 aromatic heterocycles. The molecule has 0 bridgehead atoms. The maximum Gasteiger partial charge on any atom is 0.338 e. The van der Waals surface area contributed by atoms with Crippen LogP contribution in [0.25, 0.3) is 21.9 Å². The Labute approximate surface area is 205 Å². The number of carboxylic acids is 2. The standard InChI is InChI=1S/C16H12O4.C12H8O4/c17-15-13-7-3-1-5-11(13)12-6-2-4-8-14(12)16(18)20-10-9-19-15;13-11(14)9-3-1-7-5-10(12(15)16)4-2-8(7)6-9/h1-8H,9-10H2;1-6H,(H,13,14)(H,15,16). The molecule has 1 heterocycles. The predicted octanol–water partition coefficient (Wildman–Crippen LogP) is 4.92. The third kappa shape index (κ3) is 5.23. The van der Waals surface area contributed by atoms with E-state index in [0.717, 1.165) is 0 Å². The van der Waals surface area contributed by atoms with Gasteiger partial charge < -0.3 is 19.7 Å². The summed E-state index contributed by atoms with van der Waals surface area (Å²) in [6.07, 6.45) is 0. The molecule has 1 aliphatic rings. The lowest BCUT2D eigenvalue weighted by molar-refractivity contribution is 0.0264. The molecule has 0 aliphatic carbocycles. The van der Waals surface area contributed by atoms with Crippen LogP contribution in [-0.4, -0.2) is 47.3 Å². The van der Waals surface area contributed by atoms with Crippen LogP contribution in [0.5, 0.6) is 0 Å². The van der Waals surface area contributed by atoms with E-state index in [-0.39, 0.29) is 24.3 Å². The molecule has 8 heteroatoms. The number of fused-ring (bicyclic) bond motifs is 4. The van der Waals surface area contributed by atoms with Crippen molar-refractivity contribution < 1.29 is 38.9 Å². The summed E-state index contributed by atoms with van der Waals surface area (Å²) in [5.74, 6) is -2.81. The Balaban J connectivity index is 0.000000174. The highest BCUT2D eigenvalue weighted by atomic mass is 16.6. The molecule has 0 atom stereocenters. The van der Waals surface area contributed by atoms with Crippen LogP contribution >= 0.6 is 0 Å². The fourth-order valence-corrected chi connectivity index (χ4v) is 3.73. The summed E-state index contributed by atoms with van der Waals surface area (Å²) < 4.78 is 10.2. The van der Waals surface area contributed by atoms with Crippen LogP contribution in [0.2, 0.25) is 0 Å². The average Bonchev–Trinajstić information content (AvgIpc) is 2.90. The summed E-state index contributed by atoms with van der Waals surface area (Å²) in [5.41, 5.74) is 2.63. The van der Waals surface area contributed by atoms with Crippen LogP contribution in [0.15, 0.2) is 84.9 Å². The SMILES string of the molecule is O=C(O)c1ccc2cc(C(=O)O)ccc2c1.O=C1OCCOC(=O)c2ccccc2-c2ccccc21. The van der Waals surface area contributed by atoms with Crippen molar-refractivity contribution in [3.63, 3.8) is 0 Å². The quantitative estimate of drug-likeness (QED) is 0.384. The molecular weight excluding hydrogens is 464 g/mol. The number of ether oxygens (including phenoxy) is 2. The number of benzene rings is 4. The van der Waals surface area contributed by atoms with Gasteiger partial charge in [-0.05, 0) is 58.3 Å². The Morgan fingerprint density at radius 2 is 0.917 bits per heavy atom. The average molecular weight is 484 g/mol. The van der Waals surface area contributed by atoms with E-state index >= 15 is 0 Å². The Kier molecular flexibility index (Phi) is 7.06. The van der Waals surface area contributed by atoms with Gasteiger partial charge in [0.2, 0.25) is 0 Å². The molecule has 4 aromatic carbocycles. The predicted molar refractivity (Wildman–Crippen MR) is 130 cm³/mol. The van der Waals surface area contributed by atoms with Crippen LogP contribution in [0.4, 0.5) is 0 Å². The van der Waals surface area contributed by atoms with E-state index < -0.39 is 23.9 Å². The van der Waals surface area contributed by atoms with Gasteiger partial charge in [-0.2, -0.15) is 0 Å². The lowest BCUT2D eigenvalue weighted by Crippen LogP contribution is -2.17. The molecule has 1 aliphatic heterocycles. The third-order valence-corrected chi connectivity index (χ3v) is 5.47. The van der Waals surface area contributed by atoms with Gasteiger partial charge in [-0.1, -0.05) is 48.5 Å². The van der Waals surface area contributed by atoms with E-state index in [1.807, 2.05) is 12.1 Å². The minimum absolute atomic E-state index is 0.0566. The Morgan fingerprint density at radius 3 is 1.28 bits per heavy atom. The van der Waals surface area contributed by atoms with Crippen LogP contribution in [-0.2, 0) is 9.47 Å². The van der Waals surface area contributed by atoms with Crippen molar-refractivity contribution in [2.45, 2.75) is 0 Å². The zero-order valence-electron chi connectivity index (χ0n) is 18.8. The first-order chi connectivity index (χ1) is 17.3. The largest absolute Gasteiger partial charge is 0.478 e. The monoisotopic (exact) mass is 484 g/mol. The number of hydrogen-bond donors (Lipinski definition) is 2. The van der Waals surface area contributed by atoms with E-state index in [9.17, 15) is 19.2 Å². The first kappa shape index (κ1) is 24.2.